The fourth-order valence-corrected chi connectivity index (χ4v) is 3.53. The van der Waals surface area contributed by atoms with Crippen LogP contribution in [-0.2, 0) is 13.1 Å². The quantitative estimate of drug-likeness (QED) is 0.430. The summed E-state index contributed by atoms with van der Waals surface area (Å²) in [6.45, 7) is 3.05. The van der Waals surface area contributed by atoms with Crippen molar-refractivity contribution in [1.82, 2.24) is 14.9 Å². The third kappa shape index (κ3) is 4.74. The van der Waals surface area contributed by atoms with Crippen LogP contribution in [0.25, 0.3) is 10.9 Å². The van der Waals surface area contributed by atoms with Gasteiger partial charge in [0, 0.05) is 24.2 Å². The Morgan fingerprint density at radius 1 is 1.21 bits per heavy atom. The van der Waals surface area contributed by atoms with Gasteiger partial charge in [0.15, 0.2) is 4.77 Å². The van der Waals surface area contributed by atoms with Gasteiger partial charge in [-0.3, -0.25) is 14.2 Å². The average molecular weight is 412 g/mol. The summed E-state index contributed by atoms with van der Waals surface area (Å²) >= 11 is 5.36. The number of benzene rings is 2. The number of para-hydroxylation sites is 1. The van der Waals surface area contributed by atoms with Gasteiger partial charge in [-0.05, 0) is 42.9 Å². The average Bonchev–Trinajstić information content (AvgIpc) is 2.74. The Kier molecular flexibility index (Phi) is 6.82. The van der Waals surface area contributed by atoms with E-state index in [4.69, 9.17) is 17.0 Å². The van der Waals surface area contributed by atoms with E-state index >= 15 is 0 Å². The molecular formula is C22H25N3O3S. The number of unbranched alkanes of at least 4 members (excludes halogenated alkanes) is 2. The van der Waals surface area contributed by atoms with Crippen molar-refractivity contribution >= 4 is 29.0 Å². The van der Waals surface area contributed by atoms with Crippen molar-refractivity contribution in [2.24, 2.45) is 0 Å². The highest BCUT2D eigenvalue weighted by atomic mass is 32.1. The van der Waals surface area contributed by atoms with E-state index in [-0.39, 0.29) is 11.5 Å². The normalized spacial score (nSPS) is 10.8. The number of hydrogen-bond donors (Lipinski definition) is 2. The highest BCUT2D eigenvalue weighted by Crippen LogP contribution is 2.17. The second kappa shape index (κ2) is 9.52. The molecule has 7 heteroatoms. The van der Waals surface area contributed by atoms with Crippen molar-refractivity contribution in [2.45, 2.75) is 39.3 Å². The molecule has 0 radical (unpaired) electrons. The summed E-state index contributed by atoms with van der Waals surface area (Å²) in [5.41, 5.74) is 1.79. The van der Waals surface area contributed by atoms with Crippen molar-refractivity contribution in [2.75, 3.05) is 7.11 Å². The fourth-order valence-electron chi connectivity index (χ4n) is 3.25. The van der Waals surface area contributed by atoms with Gasteiger partial charge in [-0.1, -0.05) is 38.0 Å². The van der Waals surface area contributed by atoms with Crippen LogP contribution in [0, 0.1) is 4.77 Å². The number of ether oxygens (including phenoxy) is 1. The summed E-state index contributed by atoms with van der Waals surface area (Å²) in [7, 11) is 1.60. The molecule has 3 rings (SSSR count). The van der Waals surface area contributed by atoms with Crippen LogP contribution in [0.1, 0.15) is 42.1 Å². The number of hydrogen-bond acceptors (Lipinski definition) is 4. The van der Waals surface area contributed by atoms with Gasteiger partial charge in [0.1, 0.15) is 5.75 Å². The van der Waals surface area contributed by atoms with Crippen molar-refractivity contribution in [3.63, 3.8) is 0 Å². The first-order valence-corrected chi connectivity index (χ1v) is 10.1. The molecule has 1 heterocycles. The van der Waals surface area contributed by atoms with E-state index in [1.807, 2.05) is 24.3 Å². The Labute approximate surface area is 174 Å². The molecule has 0 bridgehead atoms. The van der Waals surface area contributed by atoms with Crippen LogP contribution in [0.4, 0.5) is 0 Å². The number of aromatic amines is 1. The molecule has 1 aromatic heterocycles. The molecule has 0 spiro atoms. The molecule has 29 heavy (non-hydrogen) atoms. The highest BCUT2D eigenvalue weighted by Gasteiger charge is 2.11. The lowest BCUT2D eigenvalue weighted by Crippen LogP contribution is -2.24. The smallest absolute Gasteiger partial charge is 0.262 e. The molecule has 0 atom stereocenters. The van der Waals surface area contributed by atoms with Crippen LogP contribution >= 0.6 is 12.2 Å². The van der Waals surface area contributed by atoms with Gasteiger partial charge in [-0.2, -0.15) is 0 Å². The van der Waals surface area contributed by atoms with Crippen molar-refractivity contribution in [3.05, 3.63) is 68.7 Å². The van der Waals surface area contributed by atoms with E-state index in [0.717, 1.165) is 30.6 Å². The number of carbonyl (C=O) groups excluding carboxylic acids is 1. The van der Waals surface area contributed by atoms with Gasteiger partial charge in [-0.15, -0.1) is 0 Å². The topological polar surface area (TPSA) is 76.1 Å². The molecule has 2 N–H and O–H groups in total. The van der Waals surface area contributed by atoms with Crippen molar-refractivity contribution < 1.29 is 9.53 Å². The Morgan fingerprint density at radius 2 is 2.00 bits per heavy atom. The van der Waals surface area contributed by atoms with Gasteiger partial charge in [0.2, 0.25) is 0 Å². The minimum atomic E-state index is -0.232. The van der Waals surface area contributed by atoms with Crippen LogP contribution in [0.2, 0.25) is 0 Å². The fraction of sp³-hybridized carbons (Fsp3) is 0.318. The lowest BCUT2D eigenvalue weighted by Gasteiger charge is -2.11. The number of carbonyl (C=O) groups is 1. The number of aromatic nitrogens is 2. The molecule has 152 valence electrons. The zero-order chi connectivity index (χ0) is 20.8. The SMILES string of the molecule is CCCCCn1c(=S)[nH]c2cc(C(=O)NCc3ccccc3OC)ccc2c1=O. The van der Waals surface area contributed by atoms with E-state index < -0.39 is 0 Å². The summed E-state index contributed by atoms with van der Waals surface area (Å²) in [6, 6.07) is 12.5. The minimum Gasteiger partial charge on any atom is -0.496 e. The van der Waals surface area contributed by atoms with Crippen LogP contribution in [0.3, 0.4) is 0 Å². The molecule has 0 fully saturated rings. The monoisotopic (exact) mass is 411 g/mol. The number of H-pyrrole nitrogens is 1. The maximum absolute atomic E-state index is 12.8. The summed E-state index contributed by atoms with van der Waals surface area (Å²) in [6.07, 6.45) is 3.03. The number of nitrogens with one attached hydrogen (secondary N) is 2. The van der Waals surface area contributed by atoms with Gasteiger partial charge in [-0.25, -0.2) is 0 Å². The number of rotatable bonds is 8. The summed E-state index contributed by atoms with van der Waals surface area (Å²) in [5, 5.41) is 3.41. The second-order valence-electron chi connectivity index (χ2n) is 6.85. The van der Waals surface area contributed by atoms with E-state index in [9.17, 15) is 9.59 Å². The van der Waals surface area contributed by atoms with Gasteiger partial charge in [0.25, 0.3) is 11.5 Å². The maximum atomic E-state index is 12.8. The van der Waals surface area contributed by atoms with E-state index in [0.29, 0.717) is 34.3 Å². The number of methoxy groups -OCH3 is 1. The van der Waals surface area contributed by atoms with Crippen LogP contribution in [0.15, 0.2) is 47.3 Å². The molecule has 0 aliphatic heterocycles. The Hall–Kier alpha value is -2.93. The molecule has 0 saturated carbocycles. The third-order valence-corrected chi connectivity index (χ3v) is 5.18. The molecule has 0 unspecified atom stereocenters. The molecule has 6 nitrogen and oxygen atoms in total. The maximum Gasteiger partial charge on any atom is 0.262 e. The van der Waals surface area contributed by atoms with Crippen molar-refractivity contribution in [1.29, 1.82) is 0 Å². The standard InChI is InChI=1S/C22H25N3O3S/c1-3-4-7-12-25-21(27)17-11-10-15(13-18(17)24-22(25)29)20(26)23-14-16-8-5-6-9-19(16)28-2/h5-6,8-11,13H,3-4,7,12,14H2,1-2H3,(H,23,26)(H,24,29). The summed E-state index contributed by atoms with van der Waals surface area (Å²) < 4.78 is 7.28. The van der Waals surface area contributed by atoms with E-state index in [2.05, 4.69) is 17.2 Å². The van der Waals surface area contributed by atoms with Crippen LogP contribution < -0.4 is 15.6 Å². The summed E-state index contributed by atoms with van der Waals surface area (Å²) in [5.74, 6) is 0.489. The van der Waals surface area contributed by atoms with Crippen molar-refractivity contribution in [3.8, 4) is 5.75 Å². The zero-order valence-electron chi connectivity index (χ0n) is 16.7. The first-order chi connectivity index (χ1) is 14.0. The second-order valence-corrected chi connectivity index (χ2v) is 7.24. The Bertz CT molecular complexity index is 1130. The molecule has 0 saturated heterocycles. The van der Waals surface area contributed by atoms with Crippen LogP contribution in [-0.4, -0.2) is 22.6 Å². The Balaban J connectivity index is 1.82. The molecule has 0 aliphatic carbocycles. The summed E-state index contributed by atoms with van der Waals surface area (Å²) in [4.78, 5) is 28.5. The first kappa shape index (κ1) is 20.8. The van der Waals surface area contributed by atoms with E-state index in [1.54, 1.807) is 29.9 Å². The minimum absolute atomic E-state index is 0.124. The predicted octanol–water partition coefficient (Wildman–Crippen LogP) is 4.19. The zero-order valence-corrected chi connectivity index (χ0v) is 17.5. The predicted molar refractivity (Wildman–Crippen MR) is 117 cm³/mol. The number of fused-ring (bicyclic) bond motifs is 1. The van der Waals surface area contributed by atoms with E-state index in [1.165, 1.54) is 0 Å². The Morgan fingerprint density at radius 3 is 2.76 bits per heavy atom. The molecule has 3 aromatic rings. The molecular weight excluding hydrogens is 386 g/mol. The first-order valence-electron chi connectivity index (χ1n) is 9.72. The van der Waals surface area contributed by atoms with Gasteiger partial charge >= 0.3 is 0 Å². The van der Waals surface area contributed by atoms with Crippen LogP contribution in [0.5, 0.6) is 5.75 Å². The molecule has 0 aliphatic rings. The number of nitrogens with zero attached hydrogens (tertiary/aromatic N) is 1. The van der Waals surface area contributed by atoms with Gasteiger partial charge in [0.05, 0.1) is 18.0 Å². The molecule has 1 amide bonds. The number of amides is 1. The lowest BCUT2D eigenvalue weighted by atomic mass is 10.1. The lowest BCUT2D eigenvalue weighted by molar-refractivity contribution is 0.0951. The third-order valence-electron chi connectivity index (χ3n) is 4.86. The highest BCUT2D eigenvalue weighted by molar-refractivity contribution is 7.71. The largest absolute Gasteiger partial charge is 0.496 e. The molecule has 2 aromatic carbocycles. The van der Waals surface area contributed by atoms with Gasteiger partial charge < -0.3 is 15.0 Å².